The third-order valence-electron chi connectivity index (χ3n) is 3.39. The lowest BCUT2D eigenvalue weighted by atomic mass is 10.3. The number of ether oxygens (including phenoxy) is 1. The van der Waals surface area contributed by atoms with Crippen molar-refractivity contribution in [2.24, 2.45) is 0 Å². The number of carbonyl (C=O) groups excluding carboxylic acids is 1. The van der Waals surface area contributed by atoms with Gasteiger partial charge in [0.05, 0.1) is 29.6 Å². The second kappa shape index (κ2) is 7.33. The fourth-order valence-corrected chi connectivity index (χ4v) is 3.00. The molecule has 0 aliphatic carbocycles. The number of morpholine rings is 1. The van der Waals surface area contributed by atoms with Crippen LogP contribution in [-0.2, 0) is 11.2 Å². The molecule has 2 aromatic rings. The minimum Gasteiger partial charge on any atom is -0.378 e. The van der Waals surface area contributed by atoms with Crippen molar-refractivity contribution in [3.63, 3.8) is 0 Å². The van der Waals surface area contributed by atoms with Crippen molar-refractivity contribution in [3.05, 3.63) is 34.8 Å². The summed E-state index contributed by atoms with van der Waals surface area (Å²) in [5.74, 6) is 0. The van der Waals surface area contributed by atoms with Gasteiger partial charge in [0.2, 0.25) is 0 Å². The van der Waals surface area contributed by atoms with E-state index < -0.39 is 0 Å². The van der Waals surface area contributed by atoms with Crippen LogP contribution in [0, 0.1) is 0 Å². The number of thiazole rings is 1. The first-order chi connectivity index (χ1) is 10.8. The van der Waals surface area contributed by atoms with E-state index in [2.05, 4.69) is 15.3 Å². The Hall–Kier alpha value is -1.99. The topological polar surface area (TPSA) is 67.4 Å². The van der Waals surface area contributed by atoms with E-state index in [9.17, 15) is 4.79 Å². The SMILES string of the molecule is O=C(NCCc1nc(-c2ccccn2)cs1)N1CCOCC1. The Morgan fingerprint density at radius 2 is 2.18 bits per heavy atom. The van der Waals surface area contributed by atoms with E-state index in [-0.39, 0.29) is 6.03 Å². The van der Waals surface area contributed by atoms with Gasteiger partial charge in [-0.25, -0.2) is 9.78 Å². The van der Waals surface area contributed by atoms with Gasteiger partial charge in [-0.05, 0) is 12.1 Å². The lowest BCUT2D eigenvalue weighted by Gasteiger charge is -2.26. The predicted molar refractivity (Wildman–Crippen MR) is 84.8 cm³/mol. The van der Waals surface area contributed by atoms with Gasteiger partial charge in [-0.15, -0.1) is 11.3 Å². The zero-order valence-electron chi connectivity index (χ0n) is 12.2. The Morgan fingerprint density at radius 3 is 2.95 bits per heavy atom. The van der Waals surface area contributed by atoms with Gasteiger partial charge in [-0.3, -0.25) is 4.98 Å². The van der Waals surface area contributed by atoms with Gasteiger partial charge in [-0.1, -0.05) is 6.07 Å². The summed E-state index contributed by atoms with van der Waals surface area (Å²) in [7, 11) is 0. The van der Waals surface area contributed by atoms with Gasteiger partial charge in [-0.2, -0.15) is 0 Å². The van der Waals surface area contributed by atoms with Crippen molar-refractivity contribution in [1.82, 2.24) is 20.2 Å². The monoisotopic (exact) mass is 318 g/mol. The molecule has 0 radical (unpaired) electrons. The molecule has 0 aromatic carbocycles. The first kappa shape index (κ1) is 14.9. The summed E-state index contributed by atoms with van der Waals surface area (Å²) in [6, 6.07) is 5.76. The van der Waals surface area contributed by atoms with Crippen molar-refractivity contribution >= 4 is 17.4 Å². The number of hydrogen-bond donors (Lipinski definition) is 1. The molecule has 6 nitrogen and oxygen atoms in total. The van der Waals surface area contributed by atoms with Crippen molar-refractivity contribution < 1.29 is 9.53 Å². The molecule has 0 unspecified atom stereocenters. The van der Waals surface area contributed by atoms with E-state index in [1.807, 2.05) is 23.6 Å². The highest BCUT2D eigenvalue weighted by atomic mass is 32.1. The Balaban J connectivity index is 1.48. The van der Waals surface area contributed by atoms with Crippen LogP contribution in [0.1, 0.15) is 5.01 Å². The van der Waals surface area contributed by atoms with Crippen LogP contribution in [0.2, 0.25) is 0 Å². The Kier molecular flexibility index (Phi) is 4.97. The fourth-order valence-electron chi connectivity index (χ4n) is 2.21. The Bertz CT molecular complexity index is 611. The molecule has 7 heteroatoms. The van der Waals surface area contributed by atoms with E-state index in [0.717, 1.165) is 22.8 Å². The number of rotatable bonds is 4. The van der Waals surface area contributed by atoms with E-state index >= 15 is 0 Å². The van der Waals surface area contributed by atoms with Crippen molar-refractivity contribution in [1.29, 1.82) is 0 Å². The maximum Gasteiger partial charge on any atom is 0.317 e. The summed E-state index contributed by atoms with van der Waals surface area (Å²) in [6.07, 6.45) is 2.49. The number of pyridine rings is 1. The second-order valence-corrected chi connectivity index (χ2v) is 5.87. The molecule has 1 N–H and O–H groups in total. The van der Waals surface area contributed by atoms with E-state index in [0.29, 0.717) is 32.8 Å². The summed E-state index contributed by atoms with van der Waals surface area (Å²) >= 11 is 1.60. The first-order valence-electron chi connectivity index (χ1n) is 7.29. The number of nitrogens with one attached hydrogen (secondary N) is 1. The molecule has 1 saturated heterocycles. The molecule has 1 fully saturated rings. The first-order valence-corrected chi connectivity index (χ1v) is 8.17. The molecule has 0 bridgehead atoms. The van der Waals surface area contributed by atoms with Crippen molar-refractivity contribution in [3.8, 4) is 11.4 Å². The van der Waals surface area contributed by atoms with Crippen molar-refractivity contribution in [2.75, 3.05) is 32.8 Å². The molecule has 0 saturated carbocycles. The molecule has 116 valence electrons. The average Bonchev–Trinajstić information content (AvgIpc) is 3.05. The molecule has 0 atom stereocenters. The van der Waals surface area contributed by atoms with E-state index in [4.69, 9.17) is 4.74 Å². The zero-order chi connectivity index (χ0) is 15.2. The van der Waals surface area contributed by atoms with E-state index in [1.165, 1.54) is 0 Å². The summed E-state index contributed by atoms with van der Waals surface area (Å²) < 4.78 is 5.23. The van der Waals surface area contributed by atoms with Crippen LogP contribution in [0.25, 0.3) is 11.4 Å². The predicted octanol–water partition coefficient (Wildman–Crippen LogP) is 1.79. The summed E-state index contributed by atoms with van der Waals surface area (Å²) in [5.41, 5.74) is 1.77. The Labute approximate surface area is 133 Å². The van der Waals surface area contributed by atoms with Crippen LogP contribution >= 0.6 is 11.3 Å². The summed E-state index contributed by atoms with van der Waals surface area (Å²) in [5, 5.41) is 5.94. The number of nitrogens with zero attached hydrogens (tertiary/aromatic N) is 3. The largest absolute Gasteiger partial charge is 0.378 e. The van der Waals surface area contributed by atoms with E-state index in [1.54, 1.807) is 22.4 Å². The molecule has 3 heterocycles. The van der Waals surface area contributed by atoms with Crippen LogP contribution < -0.4 is 5.32 Å². The number of carbonyl (C=O) groups is 1. The molecular formula is C15H18N4O2S. The van der Waals surface area contributed by atoms with Crippen LogP contribution in [0.15, 0.2) is 29.8 Å². The van der Waals surface area contributed by atoms with Crippen LogP contribution in [0.4, 0.5) is 4.79 Å². The maximum atomic E-state index is 11.9. The number of aromatic nitrogens is 2. The maximum absolute atomic E-state index is 11.9. The van der Waals surface area contributed by atoms with Gasteiger partial charge in [0.15, 0.2) is 0 Å². The van der Waals surface area contributed by atoms with Crippen LogP contribution in [0.3, 0.4) is 0 Å². The zero-order valence-corrected chi connectivity index (χ0v) is 13.0. The molecule has 3 rings (SSSR count). The Morgan fingerprint density at radius 1 is 1.32 bits per heavy atom. The normalized spacial score (nSPS) is 14.8. The summed E-state index contributed by atoms with van der Waals surface area (Å²) in [4.78, 5) is 22.6. The van der Waals surface area contributed by atoms with Crippen molar-refractivity contribution in [2.45, 2.75) is 6.42 Å². The number of hydrogen-bond acceptors (Lipinski definition) is 5. The standard InChI is InChI=1S/C15H18N4O2S/c20-15(19-7-9-21-10-8-19)17-6-4-14-18-13(11-22-14)12-3-1-2-5-16-12/h1-3,5,11H,4,6-10H2,(H,17,20). The molecule has 0 spiro atoms. The molecule has 2 aromatic heterocycles. The third-order valence-corrected chi connectivity index (χ3v) is 4.30. The highest BCUT2D eigenvalue weighted by molar-refractivity contribution is 7.09. The molecule has 1 aliphatic rings. The van der Waals surface area contributed by atoms with Gasteiger partial charge in [0.25, 0.3) is 0 Å². The quantitative estimate of drug-likeness (QED) is 0.933. The van der Waals surface area contributed by atoms with Crippen LogP contribution in [-0.4, -0.2) is 53.7 Å². The number of amides is 2. The third kappa shape index (κ3) is 3.80. The lowest BCUT2D eigenvalue weighted by Crippen LogP contribution is -2.46. The highest BCUT2D eigenvalue weighted by Gasteiger charge is 2.16. The lowest BCUT2D eigenvalue weighted by molar-refractivity contribution is 0.0533. The molecule has 22 heavy (non-hydrogen) atoms. The molecule has 2 amide bonds. The summed E-state index contributed by atoms with van der Waals surface area (Å²) in [6.45, 7) is 3.14. The minimum atomic E-state index is -0.0233. The van der Waals surface area contributed by atoms with Gasteiger partial charge < -0.3 is 15.0 Å². The fraction of sp³-hybridized carbons (Fsp3) is 0.400. The molecular weight excluding hydrogens is 300 g/mol. The number of urea groups is 1. The smallest absolute Gasteiger partial charge is 0.317 e. The second-order valence-electron chi connectivity index (χ2n) is 4.92. The molecule has 1 aliphatic heterocycles. The van der Waals surface area contributed by atoms with Gasteiger partial charge >= 0.3 is 6.03 Å². The van der Waals surface area contributed by atoms with Crippen LogP contribution in [0.5, 0.6) is 0 Å². The van der Waals surface area contributed by atoms with Gasteiger partial charge in [0.1, 0.15) is 0 Å². The van der Waals surface area contributed by atoms with Gasteiger partial charge in [0, 0.05) is 37.6 Å². The minimum absolute atomic E-state index is 0.0233. The average molecular weight is 318 g/mol. The highest BCUT2D eigenvalue weighted by Crippen LogP contribution is 2.19.